The average Bonchev–Trinajstić information content (AvgIpc) is 2.04. The van der Waals surface area contributed by atoms with Crippen LogP contribution < -0.4 is 5.73 Å². The highest BCUT2D eigenvalue weighted by atomic mass is 15.1. The lowest BCUT2D eigenvalue weighted by Crippen LogP contribution is -2.44. The molecule has 1 rings (SSSR count). The summed E-state index contributed by atoms with van der Waals surface area (Å²) in [4.78, 5) is 2.53. The standard InChI is InChI=1S/C11H24N2/c1-9(2)11(12)8-13-6-4-5-10(3)7-13/h9-11H,4-8,12H2,1-3H3/t10?,11-/m1/s1. The van der Waals surface area contributed by atoms with Crippen LogP contribution in [0.4, 0.5) is 0 Å². The first-order valence-corrected chi connectivity index (χ1v) is 5.57. The summed E-state index contributed by atoms with van der Waals surface area (Å²) in [7, 11) is 0. The summed E-state index contributed by atoms with van der Waals surface area (Å²) in [6.45, 7) is 10.3. The molecule has 78 valence electrons. The van der Waals surface area contributed by atoms with Gasteiger partial charge in [0, 0.05) is 19.1 Å². The Hall–Kier alpha value is -0.0800. The summed E-state index contributed by atoms with van der Waals surface area (Å²) >= 11 is 0. The van der Waals surface area contributed by atoms with Gasteiger partial charge in [0.2, 0.25) is 0 Å². The van der Waals surface area contributed by atoms with Crippen LogP contribution in [0, 0.1) is 11.8 Å². The molecule has 2 heteroatoms. The van der Waals surface area contributed by atoms with E-state index in [4.69, 9.17) is 5.73 Å². The van der Waals surface area contributed by atoms with Gasteiger partial charge in [-0.15, -0.1) is 0 Å². The summed E-state index contributed by atoms with van der Waals surface area (Å²) in [5, 5.41) is 0. The van der Waals surface area contributed by atoms with E-state index in [-0.39, 0.29) is 0 Å². The van der Waals surface area contributed by atoms with Gasteiger partial charge in [-0.2, -0.15) is 0 Å². The maximum Gasteiger partial charge on any atom is 0.0191 e. The molecule has 0 amide bonds. The molecule has 1 heterocycles. The van der Waals surface area contributed by atoms with E-state index in [1.165, 1.54) is 25.9 Å². The summed E-state index contributed by atoms with van der Waals surface area (Å²) in [6.07, 6.45) is 2.75. The third-order valence-corrected chi connectivity index (χ3v) is 3.07. The Labute approximate surface area is 82.5 Å². The molecule has 1 saturated heterocycles. The van der Waals surface area contributed by atoms with Crippen molar-refractivity contribution in [1.29, 1.82) is 0 Å². The number of hydrogen-bond acceptors (Lipinski definition) is 2. The number of hydrogen-bond donors (Lipinski definition) is 1. The van der Waals surface area contributed by atoms with Crippen LogP contribution in [0.15, 0.2) is 0 Å². The molecule has 0 spiro atoms. The molecule has 13 heavy (non-hydrogen) atoms. The van der Waals surface area contributed by atoms with Crippen molar-refractivity contribution in [2.75, 3.05) is 19.6 Å². The Balaban J connectivity index is 2.27. The second-order valence-electron chi connectivity index (χ2n) is 4.91. The van der Waals surface area contributed by atoms with Gasteiger partial charge >= 0.3 is 0 Å². The minimum absolute atomic E-state index is 0.352. The first-order valence-electron chi connectivity index (χ1n) is 5.57. The van der Waals surface area contributed by atoms with Crippen LogP contribution >= 0.6 is 0 Å². The van der Waals surface area contributed by atoms with Crippen molar-refractivity contribution in [1.82, 2.24) is 4.90 Å². The number of piperidine rings is 1. The zero-order valence-electron chi connectivity index (χ0n) is 9.29. The molecule has 2 N–H and O–H groups in total. The maximum atomic E-state index is 6.05. The molecular weight excluding hydrogens is 160 g/mol. The Bertz CT molecular complexity index is 145. The van der Waals surface area contributed by atoms with Gasteiger partial charge in [0.25, 0.3) is 0 Å². The van der Waals surface area contributed by atoms with Gasteiger partial charge in [0.05, 0.1) is 0 Å². The van der Waals surface area contributed by atoms with Crippen molar-refractivity contribution < 1.29 is 0 Å². The maximum absolute atomic E-state index is 6.05. The first-order chi connectivity index (χ1) is 6.09. The molecule has 2 nitrogen and oxygen atoms in total. The number of likely N-dealkylation sites (tertiary alicyclic amines) is 1. The quantitative estimate of drug-likeness (QED) is 0.723. The van der Waals surface area contributed by atoms with Crippen LogP contribution in [-0.4, -0.2) is 30.6 Å². The van der Waals surface area contributed by atoms with Gasteiger partial charge in [0.1, 0.15) is 0 Å². The number of rotatable bonds is 3. The average molecular weight is 184 g/mol. The largest absolute Gasteiger partial charge is 0.326 e. The molecule has 1 unspecified atom stereocenters. The van der Waals surface area contributed by atoms with Crippen LogP contribution in [0.3, 0.4) is 0 Å². The van der Waals surface area contributed by atoms with Gasteiger partial charge in [0.15, 0.2) is 0 Å². The van der Waals surface area contributed by atoms with E-state index in [1.807, 2.05) is 0 Å². The highest BCUT2D eigenvalue weighted by molar-refractivity contribution is 4.75. The topological polar surface area (TPSA) is 29.3 Å². The van der Waals surface area contributed by atoms with E-state index in [0.29, 0.717) is 12.0 Å². The molecule has 2 atom stereocenters. The van der Waals surface area contributed by atoms with Crippen molar-refractivity contribution in [3.8, 4) is 0 Å². The van der Waals surface area contributed by atoms with E-state index < -0.39 is 0 Å². The fraction of sp³-hybridized carbons (Fsp3) is 1.00. The Kier molecular flexibility index (Phi) is 4.20. The first kappa shape index (κ1) is 11.0. The Morgan fingerprint density at radius 2 is 2.15 bits per heavy atom. The van der Waals surface area contributed by atoms with E-state index in [2.05, 4.69) is 25.7 Å². The molecule has 0 saturated carbocycles. The van der Waals surface area contributed by atoms with Crippen molar-refractivity contribution >= 4 is 0 Å². The van der Waals surface area contributed by atoms with Gasteiger partial charge < -0.3 is 10.6 Å². The molecule has 0 aliphatic carbocycles. The van der Waals surface area contributed by atoms with Gasteiger partial charge in [-0.1, -0.05) is 20.8 Å². The van der Waals surface area contributed by atoms with Gasteiger partial charge in [-0.05, 0) is 31.2 Å². The molecule has 0 radical (unpaired) electrons. The summed E-state index contributed by atoms with van der Waals surface area (Å²) in [5.41, 5.74) is 6.05. The van der Waals surface area contributed by atoms with Crippen LogP contribution in [-0.2, 0) is 0 Å². The van der Waals surface area contributed by atoms with Gasteiger partial charge in [-0.25, -0.2) is 0 Å². The van der Waals surface area contributed by atoms with Gasteiger partial charge in [-0.3, -0.25) is 0 Å². The summed E-state index contributed by atoms with van der Waals surface area (Å²) in [6, 6.07) is 0.352. The monoisotopic (exact) mass is 184 g/mol. The fourth-order valence-corrected chi connectivity index (χ4v) is 1.96. The number of nitrogens with two attached hydrogens (primary N) is 1. The number of nitrogens with zero attached hydrogens (tertiary/aromatic N) is 1. The highest BCUT2D eigenvalue weighted by Crippen LogP contribution is 2.16. The van der Waals surface area contributed by atoms with Crippen LogP contribution in [0.5, 0.6) is 0 Å². The Morgan fingerprint density at radius 3 is 2.69 bits per heavy atom. The van der Waals surface area contributed by atoms with Crippen molar-refractivity contribution in [3.63, 3.8) is 0 Å². The molecule has 0 aromatic heterocycles. The van der Waals surface area contributed by atoms with Crippen LogP contribution in [0.1, 0.15) is 33.6 Å². The van der Waals surface area contributed by atoms with Crippen LogP contribution in [0.25, 0.3) is 0 Å². The van der Waals surface area contributed by atoms with Crippen LogP contribution in [0.2, 0.25) is 0 Å². The highest BCUT2D eigenvalue weighted by Gasteiger charge is 2.19. The lowest BCUT2D eigenvalue weighted by atomic mass is 9.98. The molecule has 1 fully saturated rings. The zero-order chi connectivity index (χ0) is 9.84. The van der Waals surface area contributed by atoms with E-state index >= 15 is 0 Å². The van der Waals surface area contributed by atoms with E-state index in [0.717, 1.165) is 12.5 Å². The zero-order valence-corrected chi connectivity index (χ0v) is 9.29. The summed E-state index contributed by atoms with van der Waals surface area (Å²) < 4.78 is 0. The minimum Gasteiger partial charge on any atom is -0.326 e. The molecule has 1 aliphatic heterocycles. The fourth-order valence-electron chi connectivity index (χ4n) is 1.96. The SMILES string of the molecule is CC1CCCN(C[C@@H](N)C(C)C)C1. The van der Waals surface area contributed by atoms with E-state index in [1.54, 1.807) is 0 Å². The normalized spacial score (nSPS) is 27.9. The lowest BCUT2D eigenvalue weighted by Gasteiger charge is -2.33. The second kappa shape index (κ2) is 4.97. The second-order valence-corrected chi connectivity index (χ2v) is 4.91. The van der Waals surface area contributed by atoms with Crippen molar-refractivity contribution in [2.45, 2.75) is 39.7 Å². The molecule has 0 bridgehead atoms. The van der Waals surface area contributed by atoms with Crippen molar-refractivity contribution in [2.24, 2.45) is 17.6 Å². The minimum atomic E-state index is 0.352. The smallest absolute Gasteiger partial charge is 0.0191 e. The third kappa shape index (κ3) is 3.65. The predicted molar refractivity (Wildman–Crippen MR) is 57.7 cm³/mol. The molecular formula is C11H24N2. The van der Waals surface area contributed by atoms with Crippen molar-refractivity contribution in [3.05, 3.63) is 0 Å². The molecule has 0 aromatic rings. The predicted octanol–water partition coefficient (Wildman–Crippen LogP) is 1.70. The Morgan fingerprint density at radius 1 is 1.46 bits per heavy atom. The van der Waals surface area contributed by atoms with E-state index in [9.17, 15) is 0 Å². The third-order valence-electron chi connectivity index (χ3n) is 3.07. The lowest BCUT2D eigenvalue weighted by molar-refractivity contribution is 0.165. The molecule has 1 aliphatic rings. The molecule has 0 aromatic carbocycles. The summed E-state index contributed by atoms with van der Waals surface area (Å²) in [5.74, 6) is 1.48.